The van der Waals surface area contributed by atoms with Gasteiger partial charge in [0, 0.05) is 29.2 Å². The number of aromatic nitrogens is 2. The maximum atomic E-state index is 13.9. The first-order valence-electron chi connectivity index (χ1n) is 11.8. The van der Waals surface area contributed by atoms with E-state index in [0.29, 0.717) is 23.6 Å². The Morgan fingerprint density at radius 2 is 1.91 bits per heavy atom. The van der Waals surface area contributed by atoms with E-state index >= 15 is 0 Å². The monoisotopic (exact) mass is 538 g/mol. The average Bonchev–Trinajstić information content (AvgIpc) is 3.33. The van der Waals surface area contributed by atoms with Gasteiger partial charge < -0.3 is 24.0 Å². The third kappa shape index (κ3) is 4.51. The van der Waals surface area contributed by atoms with E-state index in [9.17, 15) is 14.7 Å². The molecular weight excluding hydrogens is 512 g/mol. The van der Waals surface area contributed by atoms with Gasteiger partial charge in [0.2, 0.25) is 5.78 Å². The van der Waals surface area contributed by atoms with Crippen molar-refractivity contribution in [2.75, 3.05) is 39.4 Å². The second-order valence-corrected chi connectivity index (χ2v) is 9.88. The molecule has 0 saturated carbocycles. The van der Waals surface area contributed by atoms with Crippen LogP contribution in [0.3, 0.4) is 0 Å². The Morgan fingerprint density at radius 1 is 1.17 bits per heavy atom. The van der Waals surface area contributed by atoms with Crippen LogP contribution in [0.2, 0.25) is 0 Å². The zero-order valence-electron chi connectivity index (χ0n) is 19.5. The molecule has 2 saturated heterocycles. The van der Waals surface area contributed by atoms with Gasteiger partial charge in [-0.1, -0.05) is 39.9 Å². The fourth-order valence-electron chi connectivity index (χ4n) is 5.02. The zero-order valence-corrected chi connectivity index (χ0v) is 21.1. The number of benzene rings is 1. The Bertz CT molecular complexity index is 1290. The van der Waals surface area contributed by atoms with E-state index in [-0.39, 0.29) is 5.57 Å². The highest BCUT2D eigenvalue weighted by Gasteiger charge is 2.44. The minimum atomic E-state index is -0.732. The van der Waals surface area contributed by atoms with Gasteiger partial charge in [0.1, 0.15) is 18.7 Å². The Hall–Kier alpha value is -3.01. The summed E-state index contributed by atoms with van der Waals surface area (Å²) in [5.74, 6) is -1.80. The zero-order chi connectivity index (χ0) is 24.5. The van der Waals surface area contributed by atoms with Gasteiger partial charge in [-0.25, -0.2) is 4.98 Å². The number of carbonyl (C=O) groups is 2. The molecule has 1 amide bonds. The Balaban J connectivity index is 1.54. The number of hydrogen-bond donors (Lipinski definition) is 1. The van der Waals surface area contributed by atoms with Crippen LogP contribution in [-0.4, -0.2) is 65.4 Å². The number of ether oxygens (including phenoxy) is 1. The third-order valence-electron chi connectivity index (χ3n) is 6.76. The normalized spacial score (nSPS) is 20.7. The van der Waals surface area contributed by atoms with Crippen molar-refractivity contribution < 1.29 is 24.3 Å². The second kappa shape index (κ2) is 9.93. The van der Waals surface area contributed by atoms with Gasteiger partial charge in [-0.2, -0.15) is 0 Å². The van der Waals surface area contributed by atoms with Crippen LogP contribution in [0.5, 0.6) is 0 Å². The smallest absolute Gasteiger partial charge is 0.295 e. The van der Waals surface area contributed by atoms with Gasteiger partial charge in [-0.15, -0.1) is 0 Å². The molecule has 0 bridgehead atoms. The van der Waals surface area contributed by atoms with Crippen LogP contribution in [0.25, 0.3) is 11.4 Å². The van der Waals surface area contributed by atoms with Crippen molar-refractivity contribution >= 4 is 39.0 Å². The molecule has 1 aromatic carbocycles. The summed E-state index contributed by atoms with van der Waals surface area (Å²) in [4.78, 5) is 34.0. The number of likely N-dealkylation sites (tertiary alicyclic amines) is 1. The van der Waals surface area contributed by atoms with Gasteiger partial charge in [0.05, 0.1) is 37.2 Å². The number of morpholine rings is 1. The number of amides is 1. The average molecular weight is 539 g/mol. The number of hydrogen-bond acceptors (Lipinski definition) is 5. The number of imidazole rings is 1. The lowest BCUT2D eigenvalue weighted by Crippen LogP contribution is -3.14. The first kappa shape index (κ1) is 23.7. The highest BCUT2D eigenvalue weighted by Crippen LogP contribution is 2.39. The van der Waals surface area contributed by atoms with Crippen molar-refractivity contribution in [1.82, 2.24) is 14.3 Å². The number of rotatable bonds is 6. The summed E-state index contributed by atoms with van der Waals surface area (Å²) in [7, 11) is 0. The summed E-state index contributed by atoms with van der Waals surface area (Å²) >= 11 is 3.45. The van der Waals surface area contributed by atoms with Crippen molar-refractivity contribution in [3.63, 3.8) is 0 Å². The number of nitrogens with one attached hydrogen (secondary N) is 1. The van der Waals surface area contributed by atoms with E-state index in [1.165, 1.54) is 4.90 Å². The third-order valence-corrected chi connectivity index (χ3v) is 7.29. The largest absolute Gasteiger partial charge is 0.871 e. The molecule has 0 radical (unpaired) electrons. The lowest BCUT2D eigenvalue weighted by atomic mass is 9.96. The van der Waals surface area contributed by atoms with Gasteiger partial charge in [-0.3, -0.25) is 9.59 Å². The maximum absolute atomic E-state index is 13.9. The van der Waals surface area contributed by atoms with Crippen LogP contribution in [0.15, 0.2) is 58.7 Å². The van der Waals surface area contributed by atoms with E-state index in [1.54, 1.807) is 22.4 Å². The summed E-state index contributed by atoms with van der Waals surface area (Å²) in [5.41, 5.74) is 2.19. The van der Waals surface area contributed by atoms with Crippen LogP contribution in [0.1, 0.15) is 29.4 Å². The minimum absolute atomic E-state index is 0.00945. The summed E-state index contributed by atoms with van der Waals surface area (Å²) in [6.07, 6.45) is 2.49. The Kier molecular flexibility index (Phi) is 6.73. The Morgan fingerprint density at radius 3 is 2.66 bits per heavy atom. The van der Waals surface area contributed by atoms with Gasteiger partial charge in [0.15, 0.2) is 0 Å². The van der Waals surface area contributed by atoms with E-state index in [4.69, 9.17) is 4.74 Å². The molecule has 35 heavy (non-hydrogen) atoms. The molecule has 2 aliphatic rings. The van der Waals surface area contributed by atoms with Crippen LogP contribution in [0.4, 0.5) is 0 Å². The quantitative estimate of drug-likeness (QED) is 0.286. The SMILES string of the molecule is Cc1nc2ccccn2c1C([O-])=C1C(=O)C(=O)N(CCC[NH+]2CCOCC2)C1c1ccc(Br)cc1. The fourth-order valence-corrected chi connectivity index (χ4v) is 5.28. The molecule has 2 aliphatic heterocycles. The van der Waals surface area contributed by atoms with E-state index in [1.807, 2.05) is 42.5 Å². The van der Waals surface area contributed by atoms with Crippen LogP contribution in [0, 0.1) is 6.92 Å². The summed E-state index contributed by atoms with van der Waals surface area (Å²) < 4.78 is 7.99. The number of aryl methyl sites for hydroxylation is 1. The highest BCUT2D eigenvalue weighted by atomic mass is 79.9. The number of ketones is 1. The first-order chi connectivity index (χ1) is 17.0. The molecule has 182 valence electrons. The van der Waals surface area contributed by atoms with Crippen molar-refractivity contribution in [2.24, 2.45) is 0 Å². The number of halogens is 1. The van der Waals surface area contributed by atoms with Gasteiger partial charge in [0.25, 0.3) is 5.91 Å². The lowest BCUT2D eigenvalue weighted by Gasteiger charge is -2.29. The number of Topliss-reactive ketones (excluding diaryl/α,β-unsaturated/α-hetero) is 1. The van der Waals surface area contributed by atoms with Crippen LogP contribution in [-0.2, 0) is 14.3 Å². The standard InChI is InChI=1S/C26H27BrN4O4/c1-17-22(30-11-3-2-5-20(30)28-17)24(32)21-23(18-6-8-19(27)9-7-18)31(26(34)25(21)33)12-4-10-29-13-15-35-16-14-29/h2-3,5-9,11,23,32H,4,10,12-16H2,1H3. The topological polar surface area (TPSA) is 91.4 Å². The number of nitrogens with zero attached hydrogens (tertiary/aromatic N) is 3. The van der Waals surface area contributed by atoms with Crippen LogP contribution >= 0.6 is 15.9 Å². The molecule has 1 unspecified atom stereocenters. The number of quaternary nitrogens is 1. The minimum Gasteiger partial charge on any atom is -0.871 e. The molecule has 9 heteroatoms. The number of carbonyl (C=O) groups excluding carboxylic acids is 2. The van der Waals surface area contributed by atoms with Crippen LogP contribution < -0.4 is 10.0 Å². The molecule has 1 atom stereocenters. The van der Waals surface area contributed by atoms with Crippen molar-refractivity contribution in [2.45, 2.75) is 19.4 Å². The molecule has 2 aromatic heterocycles. The summed E-state index contributed by atoms with van der Waals surface area (Å²) in [6, 6.07) is 12.2. The fraction of sp³-hybridized carbons (Fsp3) is 0.346. The molecule has 5 rings (SSSR count). The first-order valence-corrected chi connectivity index (χ1v) is 12.6. The van der Waals surface area contributed by atoms with Crippen molar-refractivity contribution in [3.05, 3.63) is 75.7 Å². The number of fused-ring (bicyclic) bond motifs is 1. The summed E-state index contributed by atoms with van der Waals surface area (Å²) in [6.45, 7) is 6.38. The van der Waals surface area contributed by atoms with Crippen molar-refractivity contribution in [3.8, 4) is 0 Å². The molecule has 4 heterocycles. The van der Waals surface area contributed by atoms with E-state index in [0.717, 1.165) is 49.3 Å². The molecule has 0 aliphatic carbocycles. The predicted molar refractivity (Wildman–Crippen MR) is 131 cm³/mol. The predicted octanol–water partition coefficient (Wildman–Crippen LogP) is 0.934. The summed E-state index contributed by atoms with van der Waals surface area (Å²) in [5, 5.41) is 13.9. The molecule has 1 N–H and O–H groups in total. The number of pyridine rings is 1. The Labute approximate surface area is 211 Å². The lowest BCUT2D eigenvalue weighted by molar-refractivity contribution is -0.908. The molecular formula is C26H27BrN4O4. The van der Waals surface area contributed by atoms with Gasteiger partial charge >= 0.3 is 0 Å². The highest BCUT2D eigenvalue weighted by molar-refractivity contribution is 9.10. The molecule has 0 spiro atoms. The second-order valence-electron chi connectivity index (χ2n) is 8.97. The maximum Gasteiger partial charge on any atom is 0.295 e. The van der Waals surface area contributed by atoms with Gasteiger partial charge in [-0.05, 0) is 36.8 Å². The van der Waals surface area contributed by atoms with E-state index in [2.05, 4.69) is 20.9 Å². The molecule has 2 fully saturated rings. The van der Waals surface area contributed by atoms with Crippen molar-refractivity contribution in [1.29, 1.82) is 0 Å². The van der Waals surface area contributed by atoms with E-state index < -0.39 is 23.5 Å². The molecule has 3 aromatic rings. The molecule has 8 nitrogen and oxygen atoms in total.